The van der Waals surface area contributed by atoms with Crippen molar-refractivity contribution >= 4 is 11.9 Å². The van der Waals surface area contributed by atoms with Crippen LogP contribution in [-0.2, 0) is 16.0 Å². The van der Waals surface area contributed by atoms with E-state index in [1.807, 2.05) is 0 Å². The normalized spacial score (nSPS) is 9.88. The van der Waals surface area contributed by atoms with E-state index >= 15 is 0 Å². The Balaban J connectivity index is 3.12. The average Bonchev–Trinajstić information content (AvgIpc) is 2.16. The molecule has 1 aromatic rings. The lowest BCUT2D eigenvalue weighted by atomic mass is 10.00. The largest absolute Gasteiger partial charge is 0.481 e. The first-order valence-electron chi connectivity index (χ1n) is 5.03. The number of carboxylic acid groups (broad SMARTS) is 1. The number of rotatable bonds is 4. The predicted octanol–water partition coefficient (Wildman–Crippen LogP) is 1.80. The van der Waals surface area contributed by atoms with E-state index in [4.69, 9.17) is 9.84 Å². The van der Waals surface area contributed by atoms with Crippen LogP contribution in [0.4, 0.5) is 0 Å². The van der Waals surface area contributed by atoms with E-state index in [1.165, 1.54) is 0 Å². The molecule has 0 saturated carbocycles. The minimum absolute atomic E-state index is 0.171. The molecule has 0 spiro atoms. The number of carboxylic acids is 1. The molecule has 0 atom stereocenters. The minimum atomic E-state index is -0.962. The number of aryl methyl sites for hydroxylation is 1. The monoisotopic (exact) mass is 222 g/mol. The van der Waals surface area contributed by atoms with Gasteiger partial charge in [-0.05, 0) is 25.0 Å². The van der Waals surface area contributed by atoms with Gasteiger partial charge in [0.2, 0.25) is 0 Å². The molecule has 0 unspecified atom stereocenters. The van der Waals surface area contributed by atoms with Crippen LogP contribution in [0.3, 0.4) is 0 Å². The summed E-state index contributed by atoms with van der Waals surface area (Å²) in [5.41, 5.74) is 1.59. The van der Waals surface area contributed by atoms with Gasteiger partial charge in [0.15, 0.2) is 0 Å². The van der Waals surface area contributed by atoms with Gasteiger partial charge >= 0.3 is 11.9 Å². The first-order chi connectivity index (χ1) is 7.56. The van der Waals surface area contributed by atoms with Crippen LogP contribution < -0.4 is 0 Å². The standard InChI is InChI=1S/C12H14O4/c1-3-16-12(15)11-8(2)5-4-6-9(11)7-10(13)14/h4-6H,3,7H2,1-2H3,(H,13,14). The zero-order valence-electron chi connectivity index (χ0n) is 9.32. The Hall–Kier alpha value is -1.84. The SMILES string of the molecule is CCOC(=O)c1c(C)cccc1CC(=O)O. The Morgan fingerprint density at radius 3 is 2.62 bits per heavy atom. The molecule has 86 valence electrons. The summed E-state index contributed by atoms with van der Waals surface area (Å²) in [5.74, 6) is -1.42. The molecule has 1 rings (SSSR count). The van der Waals surface area contributed by atoms with E-state index in [-0.39, 0.29) is 13.0 Å². The van der Waals surface area contributed by atoms with Gasteiger partial charge in [0.1, 0.15) is 0 Å². The van der Waals surface area contributed by atoms with Crippen molar-refractivity contribution in [2.24, 2.45) is 0 Å². The molecule has 0 saturated heterocycles. The summed E-state index contributed by atoms with van der Waals surface area (Å²) < 4.78 is 4.90. The van der Waals surface area contributed by atoms with Crippen LogP contribution in [0.15, 0.2) is 18.2 Å². The van der Waals surface area contributed by atoms with Crippen LogP contribution in [0, 0.1) is 6.92 Å². The summed E-state index contributed by atoms with van der Waals surface area (Å²) in [6.45, 7) is 3.75. The van der Waals surface area contributed by atoms with Crippen molar-refractivity contribution in [3.8, 4) is 0 Å². The summed E-state index contributed by atoms with van der Waals surface area (Å²) in [6, 6.07) is 5.13. The van der Waals surface area contributed by atoms with Gasteiger partial charge < -0.3 is 9.84 Å². The number of aliphatic carboxylic acids is 1. The highest BCUT2D eigenvalue weighted by Gasteiger charge is 2.16. The van der Waals surface area contributed by atoms with E-state index in [2.05, 4.69) is 0 Å². The molecule has 4 nitrogen and oxygen atoms in total. The molecular weight excluding hydrogens is 208 g/mol. The van der Waals surface area contributed by atoms with Crippen molar-refractivity contribution in [3.63, 3.8) is 0 Å². The number of ether oxygens (including phenoxy) is 1. The second-order valence-corrected chi connectivity index (χ2v) is 3.40. The minimum Gasteiger partial charge on any atom is -0.481 e. The molecule has 0 bridgehead atoms. The van der Waals surface area contributed by atoms with Crippen LogP contribution in [0.1, 0.15) is 28.4 Å². The Morgan fingerprint density at radius 1 is 1.38 bits per heavy atom. The van der Waals surface area contributed by atoms with Gasteiger partial charge in [-0.3, -0.25) is 4.79 Å². The number of carbonyl (C=O) groups is 2. The maximum absolute atomic E-state index is 11.7. The van der Waals surface area contributed by atoms with E-state index < -0.39 is 11.9 Å². The van der Waals surface area contributed by atoms with Crippen LogP contribution in [0.5, 0.6) is 0 Å². The maximum atomic E-state index is 11.7. The molecule has 0 amide bonds. The van der Waals surface area contributed by atoms with E-state index in [1.54, 1.807) is 32.0 Å². The van der Waals surface area contributed by atoms with Crippen LogP contribution in [0.25, 0.3) is 0 Å². The quantitative estimate of drug-likeness (QED) is 0.789. The second kappa shape index (κ2) is 5.30. The van der Waals surface area contributed by atoms with Crippen LogP contribution in [-0.4, -0.2) is 23.7 Å². The van der Waals surface area contributed by atoms with Gasteiger partial charge in [-0.25, -0.2) is 4.79 Å². The molecule has 1 aromatic carbocycles. The van der Waals surface area contributed by atoms with Gasteiger partial charge in [0.05, 0.1) is 18.6 Å². The highest BCUT2D eigenvalue weighted by molar-refractivity contribution is 5.94. The van der Waals surface area contributed by atoms with Crippen molar-refractivity contribution in [2.75, 3.05) is 6.61 Å². The van der Waals surface area contributed by atoms with Crippen molar-refractivity contribution in [3.05, 3.63) is 34.9 Å². The summed E-state index contributed by atoms with van der Waals surface area (Å²) >= 11 is 0. The summed E-state index contributed by atoms with van der Waals surface area (Å²) in [7, 11) is 0. The topological polar surface area (TPSA) is 63.6 Å². The molecule has 1 N–H and O–H groups in total. The third kappa shape index (κ3) is 2.82. The Bertz CT molecular complexity index is 409. The van der Waals surface area contributed by atoms with Crippen molar-refractivity contribution in [1.29, 1.82) is 0 Å². The fourth-order valence-electron chi connectivity index (χ4n) is 1.53. The number of hydrogen-bond donors (Lipinski definition) is 1. The summed E-state index contributed by atoms with van der Waals surface area (Å²) in [5, 5.41) is 8.74. The first-order valence-corrected chi connectivity index (χ1v) is 5.03. The summed E-state index contributed by atoms with van der Waals surface area (Å²) in [6.07, 6.45) is -0.171. The van der Waals surface area contributed by atoms with Gasteiger partial charge in [-0.15, -0.1) is 0 Å². The molecule has 0 radical (unpaired) electrons. The molecular formula is C12H14O4. The third-order valence-electron chi connectivity index (χ3n) is 2.18. The van der Waals surface area contributed by atoms with Crippen molar-refractivity contribution in [1.82, 2.24) is 0 Å². The van der Waals surface area contributed by atoms with E-state index in [9.17, 15) is 9.59 Å². The lowest BCUT2D eigenvalue weighted by Gasteiger charge is -2.09. The molecule has 4 heteroatoms. The van der Waals surface area contributed by atoms with Gasteiger partial charge in [-0.2, -0.15) is 0 Å². The fourth-order valence-corrected chi connectivity index (χ4v) is 1.53. The van der Waals surface area contributed by atoms with E-state index in [0.717, 1.165) is 5.56 Å². The van der Waals surface area contributed by atoms with Crippen molar-refractivity contribution in [2.45, 2.75) is 20.3 Å². The fraction of sp³-hybridized carbons (Fsp3) is 0.333. The zero-order valence-corrected chi connectivity index (χ0v) is 9.32. The van der Waals surface area contributed by atoms with Gasteiger partial charge in [0, 0.05) is 0 Å². The predicted molar refractivity (Wildman–Crippen MR) is 58.5 cm³/mol. The lowest BCUT2D eigenvalue weighted by Crippen LogP contribution is -2.12. The highest BCUT2D eigenvalue weighted by Crippen LogP contribution is 2.16. The molecule has 0 fully saturated rings. The Labute approximate surface area is 93.9 Å². The molecule has 16 heavy (non-hydrogen) atoms. The molecule has 0 aliphatic rings. The highest BCUT2D eigenvalue weighted by atomic mass is 16.5. The Morgan fingerprint density at radius 2 is 2.06 bits per heavy atom. The zero-order chi connectivity index (χ0) is 12.1. The lowest BCUT2D eigenvalue weighted by molar-refractivity contribution is -0.136. The van der Waals surface area contributed by atoms with Crippen molar-refractivity contribution < 1.29 is 19.4 Å². The number of hydrogen-bond acceptors (Lipinski definition) is 3. The van der Waals surface area contributed by atoms with Crippen LogP contribution >= 0.6 is 0 Å². The smallest absolute Gasteiger partial charge is 0.338 e. The molecule has 0 aliphatic carbocycles. The maximum Gasteiger partial charge on any atom is 0.338 e. The average molecular weight is 222 g/mol. The molecule has 0 heterocycles. The number of esters is 1. The third-order valence-corrected chi connectivity index (χ3v) is 2.18. The van der Waals surface area contributed by atoms with Gasteiger partial charge in [-0.1, -0.05) is 18.2 Å². The molecule has 0 aliphatic heterocycles. The number of benzene rings is 1. The first kappa shape index (κ1) is 12.2. The summed E-state index contributed by atoms with van der Waals surface area (Å²) in [4.78, 5) is 22.3. The Kier molecular flexibility index (Phi) is 4.05. The number of carbonyl (C=O) groups excluding carboxylic acids is 1. The van der Waals surface area contributed by atoms with Crippen LogP contribution in [0.2, 0.25) is 0 Å². The van der Waals surface area contributed by atoms with Gasteiger partial charge in [0.25, 0.3) is 0 Å². The molecule has 0 aromatic heterocycles. The van der Waals surface area contributed by atoms with E-state index in [0.29, 0.717) is 11.1 Å². The second-order valence-electron chi connectivity index (χ2n) is 3.40.